The van der Waals surface area contributed by atoms with Crippen molar-refractivity contribution in [2.24, 2.45) is 5.92 Å². The minimum absolute atomic E-state index is 0.0420. The summed E-state index contributed by atoms with van der Waals surface area (Å²) in [4.78, 5) is 12.9. The fourth-order valence-corrected chi connectivity index (χ4v) is 4.08. The maximum absolute atomic E-state index is 12.9. The van der Waals surface area contributed by atoms with Crippen molar-refractivity contribution in [3.63, 3.8) is 0 Å². The Bertz CT molecular complexity index is 952. The van der Waals surface area contributed by atoms with Gasteiger partial charge in [-0.25, -0.2) is 12.7 Å². The summed E-state index contributed by atoms with van der Waals surface area (Å²) in [6.45, 7) is 2.02. The Morgan fingerprint density at radius 1 is 1.15 bits per heavy atom. The van der Waals surface area contributed by atoms with E-state index < -0.39 is 10.0 Å². The van der Waals surface area contributed by atoms with Gasteiger partial charge in [0.25, 0.3) is 5.91 Å². The third-order valence-electron chi connectivity index (χ3n) is 4.78. The number of carbonyl (C=O) groups is 1. The SMILES string of the molecule is Cc1ccc(C(NC(=O)c2cc(S(=O)(=O)N(C)C)ccc2Cl)C2CC2)cc1. The second-order valence-electron chi connectivity index (χ2n) is 7.13. The minimum atomic E-state index is -3.64. The van der Waals surface area contributed by atoms with Crippen molar-refractivity contribution < 1.29 is 13.2 Å². The molecule has 1 unspecified atom stereocenters. The van der Waals surface area contributed by atoms with Gasteiger partial charge in [0.2, 0.25) is 10.0 Å². The Morgan fingerprint density at radius 2 is 1.78 bits per heavy atom. The molecule has 3 rings (SSSR count). The maximum atomic E-state index is 12.9. The third-order valence-corrected chi connectivity index (χ3v) is 6.92. The van der Waals surface area contributed by atoms with Gasteiger partial charge in [-0.2, -0.15) is 0 Å². The number of hydrogen-bond donors (Lipinski definition) is 1. The zero-order valence-corrected chi connectivity index (χ0v) is 17.1. The molecule has 0 saturated heterocycles. The third kappa shape index (κ3) is 4.34. The Kier molecular flexibility index (Phi) is 5.60. The Morgan fingerprint density at radius 3 is 2.33 bits per heavy atom. The topological polar surface area (TPSA) is 66.5 Å². The molecule has 2 aromatic rings. The van der Waals surface area contributed by atoms with Gasteiger partial charge in [0.05, 0.1) is 21.5 Å². The van der Waals surface area contributed by atoms with Crippen molar-refractivity contribution in [2.75, 3.05) is 14.1 Å². The van der Waals surface area contributed by atoms with E-state index in [1.54, 1.807) is 0 Å². The number of nitrogens with one attached hydrogen (secondary N) is 1. The fourth-order valence-electron chi connectivity index (χ4n) is 2.95. The van der Waals surface area contributed by atoms with E-state index in [1.807, 2.05) is 31.2 Å². The van der Waals surface area contributed by atoms with Crippen LogP contribution < -0.4 is 5.32 Å². The summed E-state index contributed by atoms with van der Waals surface area (Å²) in [6.07, 6.45) is 2.11. The van der Waals surface area contributed by atoms with Crippen LogP contribution in [0.2, 0.25) is 5.02 Å². The van der Waals surface area contributed by atoms with Gasteiger partial charge in [-0.15, -0.1) is 0 Å². The van der Waals surface area contributed by atoms with Crippen molar-refractivity contribution in [1.29, 1.82) is 0 Å². The summed E-state index contributed by atoms with van der Waals surface area (Å²) >= 11 is 6.20. The van der Waals surface area contributed by atoms with Crippen molar-refractivity contribution in [1.82, 2.24) is 9.62 Å². The van der Waals surface area contributed by atoms with Crippen molar-refractivity contribution in [3.8, 4) is 0 Å². The normalized spacial score (nSPS) is 15.6. The molecule has 0 spiro atoms. The van der Waals surface area contributed by atoms with Crippen molar-refractivity contribution in [2.45, 2.75) is 30.7 Å². The van der Waals surface area contributed by atoms with Crippen LogP contribution in [0.4, 0.5) is 0 Å². The lowest BCUT2D eigenvalue weighted by Crippen LogP contribution is -2.30. The van der Waals surface area contributed by atoms with Crippen molar-refractivity contribution >= 4 is 27.5 Å². The highest BCUT2D eigenvalue weighted by Crippen LogP contribution is 2.41. The quantitative estimate of drug-likeness (QED) is 0.793. The molecule has 0 aromatic heterocycles. The standard InChI is InChI=1S/C20H23ClN2O3S/c1-13-4-6-14(7-5-13)19(15-8-9-15)22-20(24)17-12-16(10-11-18(17)21)27(25,26)23(2)3/h4-7,10-12,15,19H,8-9H2,1-3H3,(H,22,24). The van der Waals surface area contributed by atoms with Gasteiger partial charge in [0, 0.05) is 14.1 Å². The number of carbonyl (C=O) groups excluding carboxylic acids is 1. The maximum Gasteiger partial charge on any atom is 0.253 e. The molecule has 0 bridgehead atoms. The molecular formula is C20H23ClN2O3S. The molecule has 1 N–H and O–H groups in total. The largest absolute Gasteiger partial charge is 0.345 e. The Labute approximate surface area is 165 Å². The first kappa shape index (κ1) is 19.9. The average molecular weight is 407 g/mol. The zero-order valence-electron chi connectivity index (χ0n) is 15.6. The summed E-state index contributed by atoms with van der Waals surface area (Å²) in [5.74, 6) is 0.0254. The van der Waals surface area contributed by atoms with E-state index in [1.165, 1.54) is 32.3 Å². The van der Waals surface area contributed by atoms with Crippen LogP contribution in [0.25, 0.3) is 0 Å². The molecule has 1 amide bonds. The van der Waals surface area contributed by atoms with Crippen LogP contribution in [-0.4, -0.2) is 32.7 Å². The number of aryl methyl sites for hydroxylation is 1. The number of hydrogen-bond acceptors (Lipinski definition) is 3. The van der Waals surface area contributed by atoms with Crippen LogP contribution in [-0.2, 0) is 10.0 Å². The summed E-state index contributed by atoms with van der Waals surface area (Å²) in [6, 6.07) is 12.2. The smallest absolute Gasteiger partial charge is 0.253 e. The second-order valence-corrected chi connectivity index (χ2v) is 9.69. The van der Waals surface area contributed by atoms with Crippen molar-refractivity contribution in [3.05, 3.63) is 64.2 Å². The van der Waals surface area contributed by atoms with Crippen LogP contribution in [0.15, 0.2) is 47.4 Å². The van der Waals surface area contributed by atoms with Gasteiger partial charge in [0.15, 0.2) is 0 Å². The fraction of sp³-hybridized carbons (Fsp3) is 0.350. The number of benzene rings is 2. The molecule has 1 atom stereocenters. The molecule has 1 fully saturated rings. The van der Waals surface area contributed by atoms with Crippen LogP contribution >= 0.6 is 11.6 Å². The highest BCUT2D eigenvalue weighted by Gasteiger charge is 2.34. The molecule has 1 aliphatic carbocycles. The molecule has 0 radical (unpaired) electrons. The molecule has 0 aliphatic heterocycles. The predicted octanol–water partition coefficient (Wildman–Crippen LogP) is 3.78. The number of rotatable bonds is 6. The Balaban J connectivity index is 1.89. The molecular weight excluding hydrogens is 384 g/mol. The first-order valence-electron chi connectivity index (χ1n) is 8.79. The summed E-state index contributed by atoms with van der Waals surface area (Å²) in [7, 11) is -0.747. The summed E-state index contributed by atoms with van der Waals surface area (Å²) < 4.78 is 25.8. The molecule has 1 aliphatic rings. The van der Waals surface area contributed by atoms with E-state index in [0.29, 0.717) is 5.92 Å². The average Bonchev–Trinajstić information content (AvgIpc) is 3.45. The van der Waals surface area contributed by atoms with E-state index in [4.69, 9.17) is 11.6 Å². The van der Waals surface area contributed by atoms with Gasteiger partial charge >= 0.3 is 0 Å². The Hall–Kier alpha value is -1.89. The van der Waals surface area contributed by atoms with E-state index in [-0.39, 0.29) is 27.4 Å². The first-order valence-corrected chi connectivity index (χ1v) is 10.6. The van der Waals surface area contributed by atoms with Gasteiger partial charge in [-0.05, 0) is 49.4 Å². The summed E-state index contributed by atoms with van der Waals surface area (Å²) in [5.41, 5.74) is 2.37. The summed E-state index contributed by atoms with van der Waals surface area (Å²) in [5, 5.41) is 3.27. The number of sulfonamides is 1. The minimum Gasteiger partial charge on any atom is -0.345 e. The lowest BCUT2D eigenvalue weighted by molar-refractivity contribution is 0.0931. The highest BCUT2D eigenvalue weighted by atomic mass is 35.5. The molecule has 144 valence electrons. The lowest BCUT2D eigenvalue weighted by atomic mass is 10.0. The zero-order chi connectivity index (χ0) is 19.8. The number of nitrogens with zero attached hydrogens (tertiary/aromatic N) is 1. The number of halogens is 1. The van der Waals surface area contributed by atoms with Crippen LogP contribution in [0.5, 0.6) is 0 Å². The highest BCUT2D eigenvalue weighted by molar-refractivity contribution is 7.89. The van der Waals surface area contributed by atoms with E-state index >= 15 is 0 Å². The van der Waals surface area contributed by atoms with Gasteiger partial charge in [-0.1, -0.05) is 41.4 Å². The molecule has 2 aromatic carbocycles. The van der Waals surface area contributed by atoms with Crippen LogP contribution in [0.3, 0.4) is 0 Å². The lowest BCUT2D eigenvalue weighted by Gasteiger charge is -2.20. The monoisotopic (exact) mass is 406 g/mol. The molecule has 27 heavy (non-hydrogen) atoms. The van der Waals surface area contributed by atoms with E-state index in [0.717, 1.165) is 28.3 Å². The van der Waals surface area contributed by atoms with Crippen LogP contribution in [0.1, 0.15) is 40.4 Å². The number of amides is 1. The first-order chi connectivity index (χ1) is 12.7. The van der Waals surface area contributed by atoms with Gasteiger partial charge in [-0.3, -0.25) is 4.79 Å². The molecule has 7 heteroatoms. The molecule has 5 nitrogen and oxygen atoms in total. The second kappa shape index (κ2) is 7.62. The van der Waals surface area contributed by atoms with E-state index in [2.05, 4.69) is 5.32 Å². The van der Waals surface area contributed by atoms with Gasteiger partial charge < -0.3 is 5.32 Å². The van der Waals surface area contributed by atoms with Gasteiger partial charge in [0.1, 0.15) is 0 Å². The predicted molar refractivity (Wildman–Crippen MR) is 106 cm³/mol. The molecule has 0 heterocycles. The van der Waals surface area contributed by atoms with E-state index in [9.17, 15) is 13.2 Å². The molecule has 1 saturated carbocycles. The van der Waals surface area contributed by atoms with Crippen LogP contribution in [0, 0.1) is 12.8 Å².